The molecule has 2 rings (SSSR count). The molecule has 0 amide bonds. The molecule has 1 heterocycles. The Balaban J connectivity index is 2.14. The highest BCUT2D eigenvalue weighted by molar-refractivity contribution is 7.97. The van der Waals surface area contributed by atoms with Crippen LogP contribution in [0.1, 0.15) is 19.0 Å². The Bertz CT molecular complexity index is 578. The summed E-state index contributed by atoms with van der Waals surface area (Å²) < 4.78 is 5.22. The second-order valence-electron chi connectivity index (χ2n) is 4.30. The van der Waals surface area contributed by atoms with Gasteiger partial charge in [-0.25, -0.2) is 0 Å². The lowest BCUT2D eigenvalue weighted by Crippen LogP contribution is -2.03. The fraction of sp³-hybridized carbons (Fsp3) is 0.267. The van der Waals surface area contributed by atoms with Gasteiger partial charge in [0.2, 0.25) is 0 Å². The Hall–Kier alpha value is -1.70. The second kappa shape index (κ2) is 6.46. The minimum atomic E-state index is 0.679. The van der Waals surface area contributed by atoms with E-state index in [2.05, 4.69) is 42.0 Å². The molecule has 0 radical (unpaired) electrons. The van der Waals surface area contributed by atoms with Crippen LogP contribution < -0.4 is 4.72 Å². The van der Waals surface area contributed by atoms with Crippen LogP contribution in [0, 0.1) is 11.3 Å². The average Bonchev–Trinajstić information content (AvgIpc) is 2.81. The molecule has 2 aromatic rings. The third kappa shape index (κ3) is 3.19. The summed E-state index contributed by atoms with van der Waals surface area (Å²) in [6.07, 6.45) is 1.13. The van der Waals surface area contributed by atoms with E-state index in [1.807, 2.05) is 23.7 Å². The Labute approximate surface area is 118 Å². The summed E-state index contributed by atoms with van der Waals surface area (Å²) in [6, 6.07) is 14.4. The van der Waals surface area contributed by atoms with E-state index in [9.17, 15) is 0 Å². The van der Waals surface area contributed by atoms with E-state index in [-0.39, 0.29) is 0 Å². The van der Waals surface area contributed by atoms with Crippen molar-refractivity contribution in [3.63, 3.8) is 0 Å². The number of hydrogen-bond acceptors (Lipinski definition) is 3. The first-order valence-corrected chi connectivity index (χ1v) is 7.14. The van der Waals surface area contributed by atoms with Crippen LogP contribution in [0.15, 0.2) is 41.3 Å². The molecule has 0 atom stereocenters. The van der Waals surface area contributed by atoms with Crippen molar-refractivity contribution in [1.82, 2.24) is 9.29 Å². The summed E-state index contributed by atoms with van der Waals surface area (Å²) in [4.78, 5) is 1.20. The van der Waals surface area contributed by atoms with E-state index in [0.29, 0.717) is 5.69 Å². The predicted octanol–water partition coefficient (Wildman–Crippen LogP) is 3.57. The summed E-state index contributed by atoms with van der Waals surface area (Å²) in [5, 5.41) is 8.96. The highest BCUT2D eigenvalue weighted by Gasteiger charge is 2.06. The zero-order chi connectivity index (χ0) is 13.7. The van der Waals surface area contributed by atoms with Crippen LogP contribution in [0.4, 0.5) is 0 Å². The molecule has 98 valence electrons. The van der Waals surface area contributed by atoms with E-state index < -0.39 is 0 Å². The van der Waals surface area contributed by atoms with Crippen LogP contribution in [0.5, 0.6) is 0 Å². The molecule has 1 aromatic heterocycles. The molecule has 3 nitrogen and oxygen atoms in total. The maximum atomic E-state index is 8.96. The highest BCUT2D eigenvalue weighted by atomic mass is 32.2. The average molecular weight is 271 g/mol. The molecule has 0 saturated heterocycles. The number of rotatable bonds is 5. The first-order chi connectivity index (χ1) is 9.26. The monoisotopic (exact) mass is 271 g/mol. The largest absolute Gasteiger partial charge is 0.335 e. The summed E-state index contributed by atoms with van der Waals surface area (Å²) in [7, 11) is 1.92. The van der Waals surface area contributed by atoms with Crippen LogP contribution >= 0.6 is 11.9 Å². The third-order valence-corrected chi connectivity index (χ3v) is 3.78. The lowest BCUT2D eigenvalue weighted by molar-refractivity contribution is 0.877. The molecule has 0 saturated carbocycles. The third-order valence-electron chi connectivity index (χ3n) is 2.93. The topological polar surface area (TPSA) is 40.8 Å². The van der Waals surface area contributed by atoms with Gasteiger partial charge in [0, 0.05) is 24.2 Å². The number of benzene rings is 1. The van der Waals surface area contributed by atoms with Gasteiger partial charge in [-0.3, -0.25) is 4.72 Å². The molecule has 4 heteroatoms. The first-order valence-electron chi connectivity index (χ1n) is 6.32. The molecular formula is C15H17N3S. The molecule has 0 unspecified atom stereocenters. The van der Waals surface area contributed by atoms with Gasteiger partial charge < -0.3 is 4.57 Å². The summed E-state index contributed by atoms with van der Waals surface area (Å²) >= 11 is 1.65. The molecule has 1 N–H and O–H groups in total. The molecular weight excluding hydrogens is 254 g/mol. The predicted molar refractivity (Wildman–Crippen MR) is 79.7 cm³/mol. The van der Waals surface area contributed by atoms with Crippen LogP contribution in [0.25, 0.3) is 11.3 Å². The molecule has 0 spiro atoms. The Kier molecular flexibility index (Phi) is 4.67. The Morgan fingerprint density at radius 3 is 2.53 bits per heavy atom. The van der Waals surface area contributed by atoms with Crippen molar-refractivity contribution in [1.29, 1.82) is 5.26 Å². The first kappa shape index (κ1) is 13.7. The summed E-state index contributed by atoms with van der Waals surface area (Å²) in [5.74, 6) is 0. The smallest absolute Gasteiger partial charge is 0.120 e. The number of nitrogens with zero attached hydrogens (tertiary/aromatic N) is 2. The van der Waals surface area contributed by atoms with Crippen LogP contribution in [0.2, 0.25) is 0 Å². The van der Waals surface area contributed by atoms with Gasteiger partial charge in [0.15, 0.2) is 0 Å². The molecule has 0 aliphatic carbocycles. The Morgan fingerprint density at radius 1 is 1.21 bits per heavy atom. The van der Waals surface area contributed by atoms with Crippen LogP contribution in [-0.2, 0) is 7.05 Å². The van der Waals surface area contributed by atoms with Crippen molar-refractivity contribution in [2.75, 3.05) is 6.54 Å². The minimum Gasteiger partial charge on any atom is -0.335 e. The number of nitriles is 1. The molecule has 1 aromatic carbocycles. The van der Waals surface area contributed by atoms with Gasteiger partial charge >= 0.3 is 0 Å². The van der Waals surface area contributed by atoms with E-state index in [1.165, 1.54) is 4.90 Å². The van der Waals surface area contributed by atoms with E-state index >= 15 is 0 Å². The van der Waals surface area contributed by atoms with Gasteiger partial charge in [0.1, 0.15) is 11.8 Å². The van der Waals surface area contributed by atoms with Gasteiger partial charge in [-0.2, -0.15) is 5.26 Å². The number of hydrogen-bond donors (Lipinski definition) is 1. The molecule has 0 aliphatic rings. The highest BCUT2D eigenvalue weighted by Crippen LogP contribution is 2.24. The van der Waals surface area contributed by atoms with Crippen molar-refractivity contribution < 1.29 is 0 Å². The quantitative estimate of drug-likeness (QED) is 0.667. The fourth-order valence-electron chi connectivity index (χ4n) is 1.84. The van der Waals surface area contributed by atoms with Crippen LogP contribution in [-0.4, -0.2) is 11.1 Å². The van der Waals surface area contributed by atoms with Gasteiger partial charge in [0.25, 0.3) is 0 Å². The van der Waals surface area contributed by atoms with Crippen LogP contribution in [0.3, 0.4) is 0 Å². The lowest BCUT2D eigenvalue weighted by Gasteiger charge is -2.06. The normalized spacial score (nSPS) is 10.4. The van der Waals surface area contributed by atoms with Crippen molar-refractivity contribution in [2.45, 2.75) is 18.2 Å². The van der Waals surface area contributed by atoms with Crippen molar-refractivity contribution >= 4 is 11.9 Å². The zero-order valence-electron chi connectivity index (χ0n) is 11.2. The molecule has 19 heavy (non-hydrogen) atoms. The Morgan fingerprint density at radius 2 is 1.95 bits per heavy atom. The SMILES string of the molecule is CCCNSc1ccc(-c2ccc(C#N)n2C)cc1. The zero-order valence-corrected chi connectivity index (χ0v) is 12.0. The fourth-order valence-corrected chi connectivity index (χ4v) is 2.59. The van der Waals surface area contributed by atoms with E-state index in [1.54, 1.807) is 11.9 Å². The van der Waals surface area contributed by atoms with Crippen molar-refractivity contribution in [3.05, 3.63) is 42.1 Å². The standard InChI is InChI=1S/C15H17N3S/c1-3-10-17-19-14-7-4-12(5-8-14)15-9-6-13(11-16)18(15)2/h4-9,17H,3,10H2,1-2H3. The van der Waals surface area contributed by atoms with Gasteiger partial charge in [-0.15, -0.1) is 0 Å². The van der Waals surface area contributed by atoms with E-state index in [0.717, 1.165) is 24.2 Å². The van der Waals surface area contributed by atoms with Gasteiger partial charge in [0.05, 0.1) is 0 Å². The van der Waals surface area contributed by atoms with Crippen molar-refractivity contribution in [3.8, 4) is 17.3 Å². The van der Waals surface area contributed by atoms with Gasteiger partial charge in [-0.05, 0) is 48.2 Å². The van der Waals surface area contributed by atoms with E-state index in [4.69, 9.17) is 5.26 Å². The number of nitrogens with one attached hydrogen (secondary N) is 1. The lowest BCUT2D eigenvalue weighted by atomic mass is 10.1. The van der Waals surface area contributed by atoms with Gasteiger partial charge in [-0.1, -0.05) is 19.1 Å². The maximum Gasteiger partial charge on any atom is 0.120 e. The summed E-state index contributed by atoms with van der Waals surface area (Å²) in [5.41, 5.74) is 2.87. The molecule has 0 fully saturated rings. The maximum absolute atomic E-state index is 8.96. The molecule has 0 bridgehead atoms. The van der Waals surface area contributed by atoms with Crippen molar-refractivity contribution in [2.24, 2.45) is 7.05 Å². The number of aromatic nitrogens is 1. The minimum absolute atomic E-state index is 0.679. The summed E-state index contributed by atoms with van der Waals surface area (Å²) in [6.45, 7) is 3.16. The molecule has 0 aliphatic heterocycles. The second-order valence-corrected chi connectivity index (χ2v) is 5.26.